The van der Waals surface area contributed by atoms with Crippen LogP contribution >= 0.6 is 23.4 Å². The van der Waals surface area contributed by atoms with Crippen LogP contribution in [0.25, 0.3) is 0 Å². The molecule has 0 aliphatic carbocycles. The zero-order valence-electron chi connectivity index (χ0n) is 11.4. The Balaban J connectivity index is 2.34. The highest BCUT2D eigenvalue weighted by Gasteiger charge is 2.08. The number of benzene rings is 1. The summed E-state index contributed by atoms with van der Waals surface area (Å²) in [4.78, 5) is 8.45. The van der Waals surface area contributed by atoms with Crippen LogP contribution in [0.15, 0.2) is 23.4 Å². The molecule has 20 heavy (non-hydrogen) atoms. The lowest BCUT2D eigenvalue weighted by Gasteiger charge is -2.10. The molecule has 1 heterocycles. The Hall–Kier alpha value is -1.50. The molecule has 0 amide bonds. The van der Waals surface area contributed by atoms with Gasteiger partial charge in [-0.15, -0.1) is 0 Å². The molecule has 3 N–H and O–H groups in total. The molecular weight excluding hydrogens is 296 g/mol. The van der Waals surface area contributed by atoms with Crippen molar-refractivity contribution in [1.82, 2.24) is 9.97 Å². The number of nitrogens with one attached hydrogen (secondary N) is 1. The predicted molar refractivity (Wildman–Crippen MR) is 82.6 cm³/mol. The number of hydrazine groups is 1. The Kier molecular flexibility index (Phi) is 4.69. The molecule has 2 aromatic rings. The van der Waals surface area contributed by atoms with Crippen molar-refractivity contribution in [1.29, 1.82) is 0 Å². The van der Waals surface area contributed by atoms with Gasteiger partial charge in [0.15, 0.2) is 5.16 Å². The fourth-order valence-corrected chi connectivity index (χ4v) is 2.19. The summed E-state index contributed by atoms with van der Waals surface area (Å²) in [6, 6.07) is 5.37. The maximum absolute atomic E-state index is 6.14. The molecular formula is C13H15ClN4OS. The van der Waals surface area contributed by atoms with Gasteiger partial charge in [-0.25, -0.2) is 10.8 Å². The van der Waals surface area contributed by atoms with Gasteiger partial charge in [-0.1, -0.05) is 23.4 Å². The number of hydrogen-bond acceptors (Lipinski definition) is 6. The monoisotopic (exact) mass is 310 g/mol. The van der Waals surface area contributed by atoms with Gasteiger partial charge in [-0.05, 0) is 43.4 Å². The van der Waals surface area contributed by atoms with Crippen molar-refractivity contribution >= 4 is 29.2 Å². The third-order valence-corrected chi connectivity index (χ3v) is 3.79. The van der Waals surface area contributed by atoms with E-state index in [4.69, 9.17) is 22.2 Å². The quantitative estimate of drug-likeness (QED) is 0.389. The van der Waals surface area contributed by atoms with E-state index in [0.29, 0.717) is 22.6 Å². The van der Waals surface area contributed by atoms with Gasteiger partial charge in [0.25, 0.3) is 0 Å². The van der Waals surface area contributed by atoms with Crippen molar-refractivity contribution in [2.24, 2.45) is 5.84 Å². The van der Waals surface area contributed by atoms with Gasteiger partial charge in [0, 0.05) is 11.1 Å². The summed E-state index contributed by atoms with van der Waals surface area (Å²) >= 11 is 7.55. The maximum Gasteiger partial charge on any atom is 0.225 e. The molecule has 0 aliphatic rings. The smallest absolute Gasteiger partial charge is 0.225 e. The van der Waals surface area contributed by atoms with E-state index in [2.05, 4.69) is 15.4 Å². The van der Waals surface area contributed by atoms with Crippen LogP contribution in [-0.4, -0.2) is 16.2 Å². The Morgan fingerprint density at radius 3 is 2.40 bits per heavy atom. The Morgan fingerprint density at radius 2 is 1.85 bits per heavy atom. The Morgan fingerprint density at radius 1 is 1.20 bits per heavy atom. The molecule has 0 unspecified atom stereocenters. The van der Waals surface area contributed by atoms with Gasteiger partial charge in [-0.2, -0.15) is 4.98 Å². The largest absolute Gasteiger partial charge is 0.439 e. The lowest BCUT2D eigenvalue weighted by atomic mass is 10.1. The SMILES string of the molecule is CSc1nc(NN)cc(Oc2cc(C)c(Cl)c(C)c2)n1. The van der Waals surface area contributed by atoms with Crippen LogP contribution in [0.1, 0.15) is 11.1 Å². The van der Waals surface area contributed by atoms with Crippen LogP contribution in [0.2, 0.25) is 5.02 Å². The van der Waals surface area contributed by atoms with Crippen LogP contribution in [0.5, 0.6) is 11.6 Å². The first-order valence-corrected chi connectivity index (χ1v) is 7.48. The first-order valence-electron chi connectivity index (χ1n) is 5.87. The molecule has 1 aromatic heterocycles. The van der Waals surface area contributed by atoms with Gasteiger partial charge in [0.1, 0.15) is 11.6 Å². The van der Waals surface area contributed by atoms with Gasteiger partial charge in [0.2, 0.25) is 5.88 Å². The molecule has 0 saturated heterocycles. The molecule has 0 saturated carbocycles. The van der Waals surface area contributed by atoms with Gasteiger partial charge >= 0.3 is 0 Å². The summed E-state index contributed by atoms with van der Waals surface area (Å²) in [5.41, 5.74) is 4.41. The summed E-state index contributed by atoms with van der Waals surface area (Å²) in [5.74, 6) is 6.99. The zero-order valence-corrected chi connectivity index (χ0v) is 13.0. The number of nitrogens with zero attached hydrogens (tertiary/aromatic N) is 2. The fourth-order valence-electron chi connectivity index (χ4n) is 1.71. The first kappa shape index (κ1) is 14.9. The first-order chi connectivity index (χ1) is 9.53. The second-order valence-electron chi connectivity index (χ2n) is 4.20. The van der Waals surface area contributed by atoms with Gasteiger partial charge < -0.3 is 10.2 Å². The minimum atomic E-state index is 0.429. The van der Waals surface area contributed by atoms with Crippen LogP contribution in [-0.2, 0) is 0 Å². The van der Waals surface area contributed by atoms with Crippen molar-refractivity contribution in [3.8, 4) is 11.6 Å². The number of hydrogen-bond donors (Lipinski definition) is 2. The summed E-state index contributed by atoms with van der Waals surface area (Å²) in [6.45, 7) is 3.87. The average molecular weight is 311 g/mol. The minimum absolute atomic E-state index is 0.429. The number of aromatic nitrogens is 2. The molecule has 0 aliphatic heterocycles. The third kappa shape index (κ3) is 3.33. The number of nitrogens with two attached hydrogens (primary N) is 1. The average Bonchev–Trinajstić information content (AvgIpc) is 2.44. The maximum atomic E-state index is 6.14. The normalized spacial score (nSPS) is 10.4. The van der Waals surface area contributed by atoms with E-state index >= 15 is 0 Å². The summed E-state index contributed by atoms with van der Waals surface area (Å²) in [7, 11) is 0. The zero-order chi connectivity index (χ0) is 14.7. The van der Waals surface area contributed by atoms with E-state index in [1.54, 1.807) is 6.07 Å². The van der Waals surface area contributed by atoms with Crippen molar-refractivity contribution < 1.29 is 4.74 Å². The fraction of sp³-hybridized carbons (Fsp3) is 0.231. The molecule has 1 aromatic carbocycles. The van der Waals surface area contributed by atoms with Crippen molar-refractivity contribution in [3.05, 3.63) is 34.3 Å². The number of nitrogen functional groups attached to an aromatic ring is 1. The van der Waals surface area contributed by atoms with Crippen molar-refractivity contribution in [2.45, 2.75) is 19.0 Å². The van der Waals surface area contributed by atoms with Gasteiger partial charge in [0.05, 0.1) is 0 Å². The van der Waals surface area contributed by atoms with E-state index in [1.165, 1.54) is 11.8 Å². The van der Waals surface area contributed by atoms with Crippen molar-refractivity contribution in [3.63, 3.8) is 0 Å². The van der Waals surface area contributed by atoms with Crippen molar-refractivity contribution in [2.75, 3.05) is 11.7 Å². The summed E-state index contributed by atoms with van der Waals surface area (Å²) in [6.07, 6.45) is 1.88. The lowest BCUT2D eigenvalue weighted by Crippen LogP contribution is -2.09. The van der Waals surface area contributed by atoms with Crippen LogP contribution in [0, 0.1) is 13.8 Å². The number of rotatable bonds is 4. The third-order valence-electron chi connectivity index (χ3n) is 2.64. The van der Waals surface area contributed by atoms with Gasteiger partial charge in [-0.3, -0.25) is 0 Å². The minimum Gasteiger partial charge on any atom is -0.439 e. The lowest BCUT2D eigenvalue weighted by molar-refractivity contribution is 0.455. The number of halogens is 1. The molecule has 2 rings (SSSR count). The Labute approximate surface area is 126 Å². The second-order valence-corrected chi connectivity index (χ2v) is 5.35. The van der Waals surface area contributed by atoms with E-state index in [-0.39, 0.29) is 0 Å². The molecule has 0 fully saturated rings. The van der Waals surface area contributed by atoms with Crippen LogP contribution in [0.4, 0.5) is 5.82 Å². The molecule has 0 spiro atoms. The summed E-state index contributed by atoms with van der Waals surface area (Å²) < 4.78 is 5.76. The Bertz CT molecular complexity index is 591. The second kappa shape index (κ2) is 6.30. The van der Waals surface area contributed by atoms with E-state index in [0.717, 1.165) is 16.1 Å². The molecule has 5 nitrogen and oxygen atoms in total. The van der Waals surface area contributed by atoms with E-state index in [1.807, 2.05) is 32.2 Å². The predicted octanol–water partition coefficient (Wildman–Crippen LogP) is 3.55. The van der Waals surface area contributed by atoms with E-state index < -0.39 is 0 Å². The standard InChI is InChI=1S/C13H15ClN4OS/c1-7-4-9(5-8(2)12(7)14)19-11-6-10(18-15)16-13(17-11)20-3/h4-6H,15H2,1-3H3,(H,16,17,18). The molecule has 106 valence electrons. The number of thioether (sulfide) groups is 1. The highest BCUT2D eigenvalue weighted by Crippen LogP contribution is 2.29. The number of aryl methyl sites for hydroxylation is 2. The topological polar surface area (TPSA) is 73.1 Å². The highest BCUT2D eigenvalue weighted by molar-refractivity contribution is 7.98. The van der Waals surface area contributed by atoms with Crippen LogP contribution in [0.3, 0.4) is 0 Å². The number of ether oxygens (including phenoxy) is 1. The molecule has 7 heteroatoms. The molecule has 0 radical (unpaired) electrons. The van der Waals surface area contributed by atoms with E-state index in [9.17, 15) is 0 Å². The number of anilines is 1. The summed E-state index contributed by atoms with van der Waals surface area (Å²) in [5, 5.41) is 1.33. The highest BCUT2D eigenvalue weighted by atomic mass is 35.5. The molecule has 0 bridgehead atoms. The van der Waals surface area contributed by atoms with Crippen LogP contribution < -0.4 is 16.0 Å². The molecule has 0 atom stereocenters.